The van der Waals surface area contributed by atoms with Crippen LogP contribution in [-0.4, -0.2) is 21.2 Å². The van der Waals surface area contributed by atoms with Gasteiger partial charge in [0.25, 0.3) is 5.56 Å². The largest absolute Gasteiger partial charge is 0.370 e. The van der Waals surface area contributed by atoms with Crippen molar-refractivity contribution in [2.45, 2.75) is 37.4 Å². The summed E-state index contributed by atoms with van der Waals surface area (Å²) in [5.41, 5.74) is 6.88. The van der Waals surface area contributed by atoms with E-state index in [0.29, 0.717) is 22.5 Å². The smallest absolute Gasteiger partial charge is 0.262 e. The molecule has 0 aliphatic heterocycles. The Morgan fingerprint density at radius 1 is 1.21 bits per heavy atom. The number of aromatic nitrogens is 2. The summed E-state index contributed by atoms with van der Waals surface area (Å²) in [6.45, 7) is 2.01. The van der Waals surface area contributed by atoms with Gasteiger partial charge in [-0.25, -0.2) is 4.98 Å². The molecule has 28 heavy (non-hydrogen) atoms. The molecule has 0 bridgehead atoms. The van der Waals surface area contributed by atoms with Gasteiger partial charge in [0.05, 0.1) is 16.9 Å². The molecule has 1 amide bonds. The lowest BCUT2D eigenvalue weighted by Gasteiger charge is -2.20. The van der Waals surface area contributed by atoms with Crippen molar-refractivity contribution in [2.75, 3.05) is 5.75 Å². The maximum atomic E-state index is 13.3. The van der Waals surface area contributed by atoms with Gasteiger partial charge in [-0.3, -0.25) is 14.2 Å². The molecule has 0 saturated heterocycles. The highest BCUT2D eigenvalue weighted by Crippen LogP contribution is 2.26. The van der Waals surface area contributed by atoms with E-state index >= 15 is 0 Å². The molecule has 146 valence electrons. The molecule has 3 rings (SSSR count). The number of carbonyl (C=O) groups excluding carboxylic acids is 1. The Morgan fingerprint density at radius 3 is 2.68 bits per heavy atom. The molecule has 0 unspecified atom stereocenters. The first-order chi connectivity index (χ1) is 13.5. The molecule has 3 aromatic rings. The summed E-state index contributed by atoms with van der Waals surface area (Å²) in [5, 5.41) is 1.28. The van der Waals surface area contributed by atoms with Crippen LogP contribution < -0.4 is 11.3 Å². The lowest BCUT2D eigenvalue weighted by Crippen LogP contribution is -2.27. The van der Waals surface area contributed by atoms with Crippen LogP contribution >= 0.6 is 27.7 Å². The van der Waals surface area contributed by atoms with Crippen LogP contribution in [-0.2, 0) is 4.79 Å². The molecule has 0 aliphatic rings. The first kappa shape index (κ1) is 20.6. The predicted molar refractivity (Wildman–Crippen MR) is 118 cm³/mol. The molecule has 1 atom stereocenters. The van der Waals surface area contributed by atoms with Crippen molar-refractivity contribution in [2.24, 2.45) is 5.73 Å². The molecule has 1 heterocycles. The highest BCUT2D eigenvalue weighted by molar-refractivity contribution is 9.10. The zero-order valence-electron chi connectivity index (χ0n) is 15.6. The number of hydrogen-bond acceptors (Lipinski definition) is 4. The summed E-state index contributed by atoms with van der Waals surface area (Å²) in [4.78, 5) is 29.0. The highest BCUT2D eigenvalue weighted by Gasteiger charge is 2.18. The third-order valence-corrected chi connectivity index (χ3v) is 6.08. The molecule has 0 saturated carbocycles. The number of benzene rings is 2. The topological polar surface area (TPSA) is 78.0 Å². The van der Waals surface area contributed by atoms with E-state index in [0.717, 1.165) is 28.6 Å². The van der Waals surface area contributed by atoms with Crippen LogP contribution in [0.15, 0.2) is 63.0 Å². The molecule has 1 aromatic heterocycles. The van der Waals surface area contributed by atoms with Crippen molar-refractivity contribution in [3.8, 4) is 0 Å². The van der Waals surface area contributed by atoms with Gasteiger partial charge in [-0.2, -0.15) is 0 Å². The average molecular weight is 460 g/mol. The van der Waals surface area contributed by atoms with Gasteiger partial charge < -0.3 is 5.73 Å². The molecule has 5 nitrogen and oxygen atoms in total. The summed E-state index contributed by atoms with van der Waals surface area (Å²) in [7, 11) is 0. The number of halogens is 1. The minimum absolute atomic E-state index is 0.0534. The number of amides is 1. The Bertz CT molecular complexity index is 1040. The van der Waals surface area contributed by atoms with Crippen LogP contribution in [0.5, 0.6) is 0 Å². The number of thioether (sulfide) groups is 1. The van der Waals surface area contributed by atoms with E-state index in [1.54, 1.807) is 16.3 Å². The third kappa shape index (κ3) is 4.83. The molecular weight excluding hydrogens is 438 g/mol. The predicted octanol–water partition coefficient (Wildman–Crippen LogP) is 4.52. The van der Waals surface area contributed by atoms with Crippen LogP contribution in [0.2, 0.25) is 0 Å². The van der Waals surface area contributed by atoms with E-state index < -0.39 is 0 Å². The summed E-state index contributed by atoms with van der Waals surface area (Å²) < 4.78 is 2.62. The first-order valence-corrected chi connectivity index (χ1v) is 10.9. The summed E-state index contributed by atoms with van der Waals surface area (Å²) >= 11 is 4.99. The average Bonchev–Trinajstić information content (AvgIpc) is 2.68. The van der Waals surface area contributed by atoms with Gasteiger partial charge in [-0.15, -0.1) is 0 Å². The minimum Gasteiger partial charge on any atom is -0.370 e. The number of rotatable bonds is 8. The number of carbonyl (C=O) groups is 1. The van der Waals surface area contributed by atoms with Crippen molar-refractivity contribution in [1.29, 1.82) is 0 Å². The van der Waals surface area contributed by atoms with E-state index in [1.807, 2.05) is 55.5 Å². The van der Waals surface area contributed by atoms with Gasteiger partial charge in [0.15, 0.2) is 5.16 Å². The number of fused-ring (bicyclic) bond motifs is 1. The molecule has 0 aliphatic carbocycles. The molecular formula is C21H22BrN3O2S. The van der Waals surface area contributed by atoms with Crippen LogP contribution in [0.1, 0.15) is 37.8 Å². The first-order valence-electron chi connectivity index (χ1n) is 9.15. The van der Waals surface area contributed by atoms with Crippen molar-refractivity contribution in [1.82, 2.24) is 9.55 Å². The summed E-state index contributed by atoms with van der Waals surface area (Å²) in [6.07, 6.45) is 1.95. The second-order valence-corrected chi connectivity index (χ2v) is 8.57. The van der Waals surface area contributed by atoms with Gasteiger partial charge in [-0.05, 0) is 43.5 Å². The molecule has 7 heteroatoms. The number of unbranched alkanes of at least 4 members (excludes halogenated alkanes) is 1. The van der Waals surface area contributed by atoms with Crippen LogP contribution in [0.3, 0.4) is 0 Å². The maximum Gasteiger partial charge on any atom is 0.262 e. The van der Waals surface area contributed by atoms with E-state index in [-0.39, 0.29) is 17.5 Å². The Labute approximate surface area is 176 Å². The van der Waals surface area contributed by atoms with E-state index in [1.165, 1.54) is 0 Å². The monoisotopic (exact) mass is 459 g/mol. The lowest BCUT2D eigenvalue weighted by atomic mass is 10.1. The molecule has 2 N–H and O–H groups in total. The van der Waals surface area contributed by atoms with Crippen molar-refractivity contribution >= 4 is 44.5 Å². The van der Waals surface area contributed by atoms with Crippen LogP contribution in [0.25, 0.3) is 10.9 Å². The standard InChI is InChI=1S/C21H22BrN3O2S/c1-14(15-7-3-2-4-8-15)25-20(27)17-13-16(22)10-11-18(17)24-21(25)28-12-6-5-9-19(23)26/h2-4,7-8,10-11,13-14H,5-6,9,12H2,1H3,(H2,23,26)/t14-/m1/s1. The van der Waals surface area contributed by atoms with Gasteiger partial charge >= 0.3 is 0 Å². The quantitative estimate of drug-likeness (QED) is 0.305. The van der Waals surface area contributed by atoms with Crippen molar-refractivity contribution in [3.63, 3.8) is 0 Å². The maximum absolute atomic E-state index is 13.3. The third-order valence-electron chi connectivity index (χ3n) is 4.55. The second-order valence-electron chi connectivity index (χ2n) is 6.59. The van der Waals surface area contributed by atoms with E-state index in [9.17, 15) is 9.59 Å². The van der Waals surface area contributed by atoms with Gasteiger partial charge in [-0.1, -0.05) is 58.0 Å². The van der Waals surface area contributed by atoms with Crippen molar-refractivity contribution < 1.29 is 4.79 Å². The van der Waals surface area contributed by atoms with E-state index in [2.05, 4.69) is 15.9 Å². The fourth-order valence-corrected chi connectivity index (χ4v) is 4.47. The van der Waals surface area contributed by atoms with Crippen LogP contribution in [0, 0.1) is 0 Å². The van der Waals surface area contributed by atoms with E-state index in [4.69, 9.17) is 10.7 Å². The molecule has 0 fully saturated rings. The van der Waals surface area contributed by atoms with Gasteiger partial charge in [0.2, 0.25) is 5.91 Å². The van der Waals surface area contributed by atoms with Gasteiger partial charge in [0.1, 0.15) is 0 Å². The Hall–Kier alpha value is -2.12. The summed E-state index contributed by atoms with van der Waals surface area (Å²) in [6, 6.07) is 15.4. The van der Waals surface area contributed by atoms with Crippen LogP contribution in [0.4, 0.5) is 0 Å². The second kappa shape index (κ2) is 9.39. The molecule has 2 aromatic carbocycles. The Morgan fingerprint density at radius 2 is 1.96 bits per heavy atom. The van der Waals surface area contributed by atoms with Crippen molar-refractivity contribution in [3.05, 3.63) is 68.9 Å². The molecule has 0 radical (unpaired) electrons. The molecule has 0 spiro atoms. The number of nitrogens with zero attached hydrogens (tertiary/aromatic N) is 2. The number of nitrogens with two attached hydrogens (primary N) is 1. The van der Waals surface area contributed by atoms with Gasteiger partial charge in [0, 0.05) is 16.6 Å². The fourth-order valence-electron chi connectivity index (χ4n) is 3.04. The Balaban J connectivity index is 1.98. The fraction of sp³-hybridized carbons (Fsp3) is 0.286. The SMILES string of the molecule is C[C@H](c1ccccc1)n1c(SCCCCC(N)=O)nc2ccc(Br)cc2c1=O. The number of hydrogen-bond donors (Lipinski definition) is 1. The zero-order valence-corrected chi connectivity index (χ0v) is 18.0. The summed E-state index contributed by atoms with van der Waals surface area (Å²) in [5.74, 6) is 0.484. The Kier molecular flexibility index (Phi) is 6.91. The minimum atomic E-state index is -0.283. The highest BCUT2D eigenvalue weighted by atomic mass is 79.9. The lowest BCUT2D eigenvalue weighted by molar-refractivity contribution is -0.118. The zero-order chi connectivity index (χ0) is 20.1. The number of primary amides is 1. The normalized spacial score (nSPS) is 12.2.